The second kappa shape index (κ2) is 10.6. The summed E-state index contributed by atoms with van der Waals surface area (Å²) in [5.41, 5.74) is 1.90. The van der Waals surface area contributed by atoms with Crippen molar-refractivity contribution in [1.82, 2.24) is 0 Å². The highest BCUT2D eigenvalue weighted by Crippen LogP contribution is 2.38. The monoisotopic (exact) mass is 496 g/mol. The average molecular weight is 497 g/mol. The lowest BCUT2D eigenvalue weighted by Crippen LogP contribution is -2.02. The summed E-state index contributed by atoms with van der Waals surface area (Å²) in [5.74, 6) is 0.495. The fourth-order valence-corrected chi connectivity index (χ4v) is 3.52. The van der Waals surface area contributed by atoms with Crippen molar-refractivity contribution in [2.24, 2.45) is 0 Å². The molecule has 0 saturated carbocycles. The van der Waals surface area contributed by atoms with Crippen LogP contribution in [0.15, 0.2) is 65.1 Å². The molecule has 0 bridgehead atoms. The highest BCUT2D eigenvalue weighted by Gasteiger charge is 2.14. The van der Waals surface area contributed by atoms with E-state index in [1.807, 2.05) is 6.92 Å². The first-order chi connectivity index (χ1) is 15.4. The van der Waals surface area contributed by atoms with Gasteiger partial charge < -0.3 is 9.47 Å². The summed E-state index contributed by atoms with van der Waals surface area (Å²) in [6, 6.07) is 17.7. The molecule has 0 N–H and O–H groups in total. The molecular weight excluding hydrogens is 479 g/mol. The third-order valence-electron chi connectivity index (χ3n) is 4.48. The van der Waals surface area contributed by atoms with Gasteiger partial charge >= 0.3 is 0 Å². The van der Waals surface area contributed by atoms with E-state index in [1.54, 1.807) is 36.4 Å². The van der Waals surface area contributed by atoms with Crippen LogP contribution in [0.25, 0.3) is 11.6 Å². The number of nitro groups is 1. The van der Waals surface area contributed by atoms with Gasteiger partial charge in [-0.3, -0.25) is 10.1 Å². The van der Waals surface area contributed by atoms with E-state index in [9.17, 15) is 19.8 Å². The molecule has 0 unspecified atom stereocenters. The Morgan fingerprint density at radius 2 is 1.91 bits per heavy atom. The topological polar surface area (TPSA) is 85.4 Å². The molecule has 6 nitrogen and oxygen atoms in total. The summed E-state index contributed by atoms with van der Waals surface area (Å²) in [7, 11) is 0. The van der Waals surface area contributed by atoms with Gasteiger partial charge in [0.2, 0.25) is 0 Å². The van der Waals surface area contributed by atoms with Crippen molar-refractivity contribution >= 4 is 33.3 Å². The van der Waals surface area contributed by atoms with Crippen molar-refractivity contribution in [2.45, 2.75) is 13.5 Å². The van der Waals surface area contributed by atoms with E-state index < -0.39 is 4.92 Å². The van der Waals surface area contributed by atoms with Gasteiger partial charge in [0.1, 0.15) is 12.4 Å². The van der Waals surface area contributed by atoms with Crippen LogP contribution in [0.3, 0.4) is 0 Å². The summed E-state index contributed by atoms with van der Waals surface area (Å²) in [6.45, 7) is 2.23. The Bertz CT molecular complexity index is 1200. The second-order valence-electron chi connectivity index (χ2n) is 6.62. The number of hydrogen-bond donors (Lipinski definition) is 0. The van der Waals surface area contributed by atoms with Crippen LogP contribution >= 0.6 is 15.9 Å². The van der Waals surface area contributed by atoms with Crippen LogP contribution in [-0.2, 0) is 6.61 Å². The molecule has 0 spiro atoms. The number of hydrogen-bond acceptors (Lipinski definition) is 5. The molecule has 162 valence electrons. The number of ether oxygens (including phenoxy) is 2. The van der Waals surface area contributed by atoms with Gasteiger partial charge in [0.15, 0.2) is 11.5 Å². The fourth-order valence-electron chi connectivity index (χ4n) is 2.95. The minimum atomic E-state index is -0.495. The van der Waals surface area contributed by atoms with E-state index in [0.29, 0.717) is 44.8 Å². The summed E-state index contributed by atoms with van der Waals surface area (Å²) >= 11 is 3.47. The van der Waals surface area contributed by atoms with Crippen LogP contribution < -0.4 is 9.47 Å². The first-order valence-corrected chi connectivity index (χ1v) is 10.4. The lowest BCUT2D eigenvalue weighted by Gasteiger charge is -2.15. The third-order valence-corrected chi connectivity index (χ3v) is 5.07. The number of nitriles is 1. The maximum atomic E-state index is 13.9. The van der Waals surface area contributed by atoms with Crippen molar-refractivity contribution in [3.8, 4) is 17.6 Å². The minimum Gasteiger partial charge on any atom is -0.490 e. The Labute approximate surface area is 192 Å². The maximum absolute atomic E-state index is 13.9. The molecule has 0 aliphatic rings. The average Bonchev–Trinajstić information content (AvgIpc) is 2.78. The molecule has 0 amide bonds. The minimum absolute atomic E-state index is 0.0206. The molecule has 3 aromatic carbocycles. The van der Waals surface area contributed by atoms with Crippen LogP contribution in [-0.4, -0.2) is 11.5 Å². The molecule has 0 aliphatic heterocycles. The Balaban J connectivity index is 1.92. The molecule has 32 heavy (non-hydrogen) atoms. The van der Waals surface area contributed by atoms with Gasteiger partial charge in [-0.1, -0.05) is 18.2 Å². The Morgan fingerprint density at radius 1 is 1.19 bits per heavy atom. The molecule has 3 aromatic rings. The summed E-state index contributed by atoms with van der Waals surface area (Å²) in [5, 5.41) is 20.4. The zero-order valence-electron chi connectivity index (χ0n) is 17.0. The summed E-state index contributed by atoms with van der Waals surface area (Å²) < 4.78 is 26.0. The van der Waals surface area contributed by atoms with Crippen LogP contribution in [0.4, 0.5) is 10.1 Å². The molecule has 8 heteroatoms. The zero-order chi connectivity index (χ0) is 23.1. The van der Waals surface area contributed by atoms with E-state index in [4.69, 9.17) is 9.47 Å². The normalized spacial score (nSPS) is 11.0. The van der Waals surface area contributed by atoms with Crippen LogP contribution in [0.5, 0.6) is 11.5 Å². The predicted octanol–water partition coefficient (Wildman–Crippen LogP) is 6.54. The number of benzene rings is 3. The number of rotatable bonds is 8. The number of nitro benzene ring substituents is 1. The lowest BCUT2D eigenvalue weighted by molar-refractivity contribution is -0.384. The molecule has 0 fully saturated rings. The van der Waals surface area contributed by atoms with Gasteiger partial charge in [0.05, 0.1) is 27.6 Å². The van der Waals surface area contributed by atoms with Gasteiger partial charge in [-0.05, 0) is 70.4 Å². The first-order valence-electron chi connectivity index (χ1n) is 9.62. The van der Waals surface area contributed by atoms with Gasteiger partial charge in [-0.25, -0.2) is 4.39 Å². The molecule has 0 heterocycles. The number of allylic oxidation sites excluding steroid dienone is 1. The maximum Gasteiger partial charge on any atom is 0.269 e. The second-order valence-corrected chi connectivity index (χ2v) is 7.47. The predicted molar refractivity (Wildman–Crippen MR) is 123 cm³/mol. The van der Waals surface area contributed by atoms with Gasteiger partial charge in [-0.2, -0.15) is 5.26 Å². The van der Waals surface area contributed by atoms with E-state index in [0.717, 1.165) is 0 Å². The molecule has 3 rings (SSSR count). The van der Waals surface area contributed by atoms with Crippen LogP contribution in [0, 0.1) is 27.3 Å². The highest BCUT2D eigenvalue weighted by atomic mass is 79.9. The van der Waals surface area contributed by atoms with E-state index in [2.05, 4.69) is 22.0 Å². The summed E-state index contributed by atoms with van der Waals surface area (Å²) in [4.78, 5) is 10.4. The van der Waals surface area contributed by atoms with Crippen molar-refractivity contribution in [2.75, 3.05) is 6.61 Å². The Hall–Kier alpha value is -3.70. The van der Waals surface area contributed by atoms with Crippen molar-refractivity contribution in [3.63, 3.8) is 0 Å². The Morgan fingerprint density at radius 3 is 2.53 bits per heavy atom. The molecule has 0 atom stereocenters. The van der Waals surface area contributed by atoms with E-state index in [1.165, 1.54) is 30.3 Å². The summed E-state index contributed by atoms with van der Waals surface area (Å²) in [6.07, 6.45) is 1.65. The molecule has 0 saturated heterocycles. The number of halogens is 2. The molecule has 0 aromatic heterocycles. The molecular formula is C24H18BrFN2O4. The fraction of sp³-hybridized carbons (Fsp3) is 0.125. The van der Waals surface area contributed by atoms with E-state index >= 15 is 0 Å². The number of non-ortho nitro benzene ring substituents is 1. The molecule has 0 aliphatic carbocycles. The Kier molecular flexibility index (Phi) is 7.58. The first kappa shape index (κ1) is 23.0. The van der Waals surface area contributed by atoms with Crippen LogP contribution in [0.2, 0.25) is 0 Å². The largest absolute Gasteiger partial charge is 0.490 e. The zero-order valence-corrected chi connectivity index (χ0v) is 18.6. The van der Waals surface area contributed by atoms with Gasteiger partial charge in [-0.15, -0.1) is 0 Å². The quantitative estimate of drug-likeness (QED) is 0.153. The third kappa shape index (κ3) is 5.50. The van der Waals surface area contributed by atoms with Gasteiger partial charge in [0, 0.05) is 17.7 Å². The highest BCUT2D eigenvalue weighted by molar-refractivity contribution is 9.10. The van der Waals surface area contributed by atoms with Crippen molar-refractivity contribution in [1.29, 1.82) is 5.26 Å². The van der Waals surface area contributed by atoms with Crippen molar-refractivity contribution < 1.29 is 18.8 Å². The number of nitrogens with zero attached hydrogens (tertiary/aromatic N) is 2. The molecule has 0 radical (unpaired) electrons. The van der Waals surface area contributed by atoms with Crippen LogP contribution in [0.1, 0.15) is 23.6 Å². The van der Waals surface area contributed by atoms with Gasteiger partial charge in [0.25, 0.3) is 5.69 Å². The van der Waals surface area contributed by atoms with Crippen molar-refractivity contribution in [3.05, 3.63) is 97.8 Å². The lowest BCUT2D eigenvalue weighted by atomic mass is 10.0. The smallest absolute Gasteiger partial charge is 0.269 e. The SMILES string of the molecule is CCOc1cc(/C=C(/C#N)c2ccc([N+](=O)[O-])cc2)cc(Br)c1OCc1ccccc1F. The van der Waals surface area contributed by atoms with E-state index in [-0.39, 0.29) is 18.1 Å². The standard InChI is InChI=1S/C24H18BrFN2O4/c1-2-31-23-13-16(11-19(14-27)17-7-9-20(10-8-17)28(29)30)12-21(25)24(23)32-15-18-5-3-4-6-22(18)26/h3-13H,2,15H2,1H3/b19-11-.